The van der Waals surface area contributed by atoms with Gasteiger partial charge in [0.25, 0.3) is 5.91 Å². The van der Waals surface area contributed by atoms with E-state index in [1.54, 1.807) is 12.1 Å². The number of nitrogens with one attached hydrogen (secondary N) is 2. The fraction of sp³-hybridized carbons (Fsp3) is 0.143. The molecule has 1 aromatic heterocycles. The molecular formula is C14H14N2O2. The van der Waals surface area contributed by atoms with Crippen LogP contribution in [0.5, 0.6) is 0 Å². The first-order chi connectivity index (χ1) is 8.66. The van der Waals surface area contributed by atoms with Crippen LogP contribution < -0.4 is 10.9 Å². The number of benzene rings is 1. The smallest absolute Gasteiger partial charge is 0.268 e. The van der Waals surface area contributed by atoms with Crippen LogP contribution in [-0.2, 0) is 0 Å². The third kappa shape index (κ3) is 2.85. The van der Waals surface area contributed by atoms with E-state index in [2.05, 4.69) is 10.3 Å². The number of carbonyl (C=O) groups is 1. The van der Waals surface area contributed by atoms with Gasteiger partial charge in [0.15, 0.2) is 0 Å². The Morgan fingerprint density at radius 3 is 2.50 bits per heavy atom. The Morgan fingerprint density at radius 2 is 1.83 bits per heavy atom. The van der Waals surface area contributed by atoms with Crippen molar-refractivity contribution in [3.63, 3.8) is 0 Å². The van der Waals surface area contributed by atoms with E-state index < -0.39 is 0 Å². The van der Waals surface area contributed by atoms with E-state index in [0.717, 1.165) is 5.56 Å². The van der Waals surface area contributed by atoms with E-state index in [-0.39, 0.29) is 23.2 Å². The standard InChI is InChI=1S/C14H14N2O2/c1-10(11-6-3-2-4-7-11)15-14(18)12-8-5-9-13(17)16-12/h2-10H,1H3,(H,15,18)(H,16,17)/t10-/m0/s1. The molecule has 2 N–H and O–H groups in total. The molecule has 0 aliphatic rings. The van der Waals surface area contributed by atoms with Crippen LogP contribution in [0.1, 0.15) is 29.0 Å². The number of hydrogen-bond donors (Lipinski definition) is 2. The van der Waals surface area contributed by atoms with Crippen molar-refractivity contribution < 1.29 is 4.79 Å². The van der Waals surface area contributed by atoms with Crippen molar-refractivity contribution in [2.75, 3.05) is 0 Å². The Kier molecular flexibility index (Phi) is 3.57. The molecule has 18 heavy (non-hydrogen) atoms. The quantitative estimate of drug-likeness (QED) is 0.863. The van der Waals surface area contributed by atoms with Gasteiger partial charge in [-0.1, -0.05) is 36.4 Å². The van der Waals surface area contributed by atoms with Gasteiger partial charge in [-0.2, -0.15) is 0 Å². The Morgan fingerprint density at radius 1 is 1.11 bits per heavy atom. The van der Waals surface area contributed by atoms with E-state index >= 15 is 0 Å². The van der Waals surface area contributed by atoms with Crippen LogP contribution in [0.15, 0.2) is 53.3 Å². The number of aromatic amines is 1. The first kappa shape index (κ1) is 12.1. The molecule has 0 saturated heterocycles. The number of carbonyl (C=O) groups excluding carboxylic acids is 1. The second kappa shape index (κ2) is 5.31. The Balaban J connectivity index is 2.11. The summed E-state index contributed by atoms with van der Waals surface area (Å²) in [5, 5.41) is 2.83. The zero-order valence-corrected chi connectivity index (χ0v) is 10.0. The molecule has 1 atom stereocenters. The van der Waals surface area contributed by atoms with Gasteiger partial charge in [0, 0.05) is 6.07 Å². The molecule has 2 rings (SSSR count). The minimum atomic E-state index is -0.288. The van der Waals surface area contributed by atoms with Crippen LogP contribution in [-0.4, -0.2) is 10.9 Å². The predicted molar refractivity (Wildman–Crippen MR) is 69.4 cm³/mol. The third-order valence-corrected chi connectivity index (χ3v) is 2.66. The summed E-state index contributed by atoms with van der Waals surface area (Å²) in [5.74, 6) is -0.288. The van der Waals surface area contributed by atoms with Crippen molar-refractivity contribution in [2.24, 2.45) is 0 Å². The Labute approximate surface area is 105 Å². The van der Waals surface area contributed by atoms with Crippen molar-refractivity contribution in [1.82, 2.24) is 10.3 Å². The summed E-state index contributed by atoms with van der Waals surface area (Å²) < 4.78 is 0. The number of pyridine rings is 1. The maximum absolute atomic E-state index is 11.9. The van der Waals surface area contributed by atoms with Crippen LogP contribution in [0.2, 0.25) is 0 Å². The van der Waals surface area contributed by atoms with Gasteiger partial charge in [-0.05, 0) is 18.6 Å². The molecule has 4 heteroatoms. The van der Waals surface area contributed by atoms with Crippen molar-refractivity contribution in [1.29, 1.82) is 0 Å². The summed E-state index contributed by atoms with van der Waals surface area (Å²) in [4.78, 5) is 25.5. The van der Waals surface area contributed by atoms with Crippen LogP contribution in [0.4, 0.5) is 0 Å². The fourth-order valence-electron chi connectivity index (χ4n) is 1.68. The fourth-order valence-corrected chi connectivity index (χ4v) is 1.68. The van der Waals surface area contributed by atoms with Crippen molar-refractivity contribution in [3.8, 4) is 0 Å². The monoisotopic (exact) mass is 242 g/mol. The minimum absolute atomic E-state index is 0.109. The van der Waals surface area contributed by atoms with Gasteiger partial charge in [0.2, 0.25) is 5.56 Å². The molecule has 0 radical (unpaired) electrons. The van der Waals surface area contributed by atoms with Gasteiger partial charge in [0.1, 0.15) is 5.69 Å². The number of H-pyrrole nitrogens is 1. The maximum Gasteiger partial charge on any atom is 0.268 e. The highest BCUT2D eigenvalue weighted by Gasteiger charge is 2.11. The average Bonchev–Trinajstić information content (AvgIpc) is 2.39. The lowest BCUT2D eigenvalue weighted by Gasteiger charge is -2.13. The molecule has 1 heterocycles. The van der Waals surface area contributed by atoms with Crippen molar-refractivity contribution >= 4 is 5.91 Å². The lowest BCUT2D eigenvalue weighted by molar-refractivity contribution is 0.0934. The number of rotatable bonds is 3. The first-order valence-electron chi connectivity index (χ1n) is 5.72. The molecule has 0 aliphatic heterocycles. The molecule has 0 fully saturated rings. The summed E-state index contributed by atoms with van der Waals surface area (Å²) in [7, 11) is 0. The largest absolute Gasteiger partial charge is 0.344 e. The molecular weight excluding hydrogens is 228 g/mol. The SMILES string of the molecule is C[C@H](NC(=O)c1cccc(=O)[nH]1)c1ccccc1. The lowest BCUT2D eigenvalue weighted by Crippen LogP contribution is -2.28. The van der Waals surface area contributed by atoms with Crippen LogP contribution in [0.3, 0.4) is 0 Å². The van der Waals surface area contributed by atoms with Gasteiger partial charge in [-0.15, -0.1) is 0 Å². The molecule has 0 saturated carbocycles. The zero-order valence-electron chi connectivity index (χ0n) is 10.0. The van der Waals surface area contributed by atoms with Gasteiger partial charge < -0.3 is 10.3 Å². The van der Waals surface area contributed by atoms with E-state index in [1.807, 2.05) is 37.3 Å². The molecule has 2 aromatic rings. The summed E-state index contributed by atoms with van der Waals surface area (Å²) in [6.45, 7) is 1.90. The molecule has 0 spiro atoms. The summed E-state index contributed by atoms with van der Waals surface area (Å²) in [6, 6.07) is 14.0. The van der Waals surface area contributed by atoms with Gasteiger partial charge >= 0.3 is 0 Å². The normalized spacial score (nSPS) is 11.8. The van der Waals surface area contributed by atoms with E-state index in [9.17, 15) is 9.59 Å². The molecule has 1 amide bonds. The molecule has 0 unspecified atom stereocenters. The topological polar surface area (TPSA) is 62.0 Å². The third-order valence-electron chi connectivity index (χ3n) is 2.66. The molecule has 92 valence electrons. The number of aromatic nitrogens is 1. The van der Waals surface area contributed by atoms with E-state index in [4.69, 9.17) is 0 Å². The summed E-state index contributed by atoms with van der Waals surface area (Å²) in [5.41, 5.74) is 1.00. The number of hydrogen-bond acceptors (Lipinski definition) is 2. The Hall–Kier alpha value is -2.36. The molecule has 0 bridgehead atoms. The second-order valence-corrected chi connectivity index (χ2v) is 4.03. The Bertz CT molecular complexity index is 590. The molecule has 0 aliphatic carbocycles. The van der Waals surface area contributed by atoms with Crippen LogP contribution in [0, 0.1) is 0 Å². The van der Waals surface area contributed by atoms with Crippen molar-refractivity contribution in [3.05, 3.63) is 70.1 Å². The van der Waals surface area contributed by atoms with Gasteiger partial charge in [-0.3, -0.25) is 9.59 Å². The highest BCUT2D eigenvalue weighted by molar-refractivity contribution is 5.92. The lowest BCUT2D eigenvalue weighted by atomic mass is 10.1. The van der Waals surface area contributed by atoms with Gasteiger partial charge in [0.05, 0.1) is 6.04 Å². The molecule has 1 aromatic carbocycles. The van der Waals surface area contributed by atoms with E-state index in [0.29, 0.717) is 0 Å². The molecule has 4 nitrogen and oxygen atoms in total. The number of amides is 1. The maximum atomic E-state index is 11.9. The first-order valence-corrected chi connectivity index (χ1v) is 5.72. The average molecular weight is 242 g/mol. The predicted octanol–water partition coefficient (Wildman–Crippen LogP) is 1.87. The minimum Gasteiger partial charge on any atom is -0.344 e. The second-order valence-electron chi connectivity index (χ2n) is 4.03. The van der Waals surface area contributed by atoms with Crippen LogP contribution >= 0.6 is 0 Å². The van der Waals surface area contributed by atoms with Crippen molar-refractivity contribution in [2.45, 2.75) is 13.0 Å². The summed E-state index contributed by atoms with van der Waals surface area (Å²) >= 11 is 0. The van der Waals surface area contributed by atoms with E-state index in [1.165, 1.54) is 6.07 Å². The summed E-state index contributed by atoms with van der Waals surface area (Å²) in [6.07, 6.45) is 0. The zero-order chi connectivity index (χ0) is 13.0. The van der Waals surface area contributed by atoms with Crippen LogP contribution in [0.25, 0.3) is 0 Å². The van der Waals surface area contributed by atoms with Gasteiger partial charge in [-0.25, -0.2) is 0 Å². The highest BCUT2D eigenvalue weighted by Crippen LogP contribution is 2.11. The highest BCUT2D eigenvalue weighted by atomic mass is 16.2.